The quantitative estimate of drug-likeness (QED) is 0.691. The molecule has 1 unspecified atom stereocenters. The first kappa shape index (κ1) is 14.2. The second kappa shape index (κ2) is 3.97. The Morgan fingerprint density at radius 3 is 1.43 bits per heavy atom. The second-order valence-corrected chi connectivity index (χ2v) is 11.3. The van der Waals surface area contributed by atoms with Gasteiger partial charge in [0.25, 0.3) is 0 Å². The predicted molar refractivity (Wildman–Crippen MR) is 67.0 cm³/mol. The van der Waals surface area contributed by atoms with Gasteiger partial charge in [0.2, 0.25) is 0 Å². The van der Waals surface area contributed by atoms with Crippen LogP contribution in [0.2, 0.25) is 18.6 Å². The normalized spacial score (nSPS) is 16.9. The molecule has 0 bridgehead atoms. The Kier molecular flexibility index (Phi) is 4.02. The van der Waals surface area contributed by atoms with E-state index >= 15 is 0 Å². The molecule has 1 atom stereocenters. The van der Waals surface area contributed by atoms with Gasteiger partial charge < -0.3 is 4.80 Å². The summed E-state index contributed by atoms with van der Waals surface area (Å²) in [6.07, 6.45) is 1.12. The van der Waals surface area contributed by atoms with E-state index in [9.17, 15) is 4.80 Å². The molecule has 1 N–H and O–H groups in total. The van der Waals surface area contributed by atoms with Crippen molar-refractivity contribution < 1.29 is 4.80 Å². The Hall–Kier alpha value is 0.177. The molecule has 0 aromatic carbocycles. The van der Waals surface area contributed by atoms with E-state index in [4.69, 9.17) is 0 Å². The molecule has 0 aromatic rings. The summed E-state index contributed by atoms with van der Waals surface area (Å²) in [7, 11) is -2.03. The van der Waals surface area contributed by atoms with Crippen molar-refractivity contribution in [1.82, 2.24) is 0 Å². The molecule has 0 amide bonds. The highest BCUT2D eigenvalue weighted by Crippen LogP contribution is 2.45. The van der Waals surface area contributed by atoms with Crippen molar-refractivity contribution in [3.63, 3.8) is 0 Å². The Labute approximate surface area is 91.1 Å². The van der Waals surface area contributed by atoms with E-state index in [1.54, 1.807) is 0 Å². The minimum absolute atomic E-state index is 0.220. The standard InChI is InChI=1S/C12H28OSi/c1-11(2,3)9-10(12(4,5)6)14(7,8)13/h10,13H,9H2,1-8H3. The van der Waals surface area contributed by atoms with Gasteiger partial charge in [-0.1, -0.05) is 41.5 Å². The van der Waals surface area contributed by atoms with Crippen molar-refractivity contribution >= 4 is 8.32 Å². The zero-order valence-electron chi connectivity index (χ0n) is 11.2. The lowest BCUT2D eigenvalue weighted by Crippen LogP contribution is -2.41. The van der Waals surface area contributed by atoms with Gasteiger partial charge in [-0.2, -0.15) is 0 Å². The zero-order chi connectivity index (χ0) is 11.8. The van der Waals surface area contributed by atoms with Gasteiger partial charge in [0.15, 0.2) is 8.32 Å². The van der Waals surface area contributed by atoms with E-state index in [1.807, 2.05) is 0 Å². The van der Waals surface area contributed by atoms with Gasteiger partial charge in [0, 0.05) is 0 Å². The van der Waals surface area contributed by atoms with Crippen LogP contribution in [-0.2, 0) is 0 Å². The molecule has 0 aliphatic carbocycles. The van der Waals surface area contributed by atoms with Crippen molar-refractivity contribution in [2.24, 2.45) is 10.8 Å². The van der Waals surface area contributed by atoms with E-state index in [1.165, 1.54) is 0 Å². The second-order valence-electron chi connectivity index (χ2n) is 7.34. The SMILES string of the molecule is CC(C)(C)CC(C(C)(C)C)[Si](C)(C)O. The first-order valence-corrected chi connectivity index (χ1v) is 8.59. The Bertz CT molecular complexity index is 164. The minimum atomic E-state index is -2.03. The molecule has 0 aliphatic heterocycles. The van der Waals surface area contributed by atoms with Crippen LogP contribution in [0.3, 0.4) is 0 Å². The number of rotatable bonds is 2. The van der Waals surface area contributed by atoms with Crippen LogP contribution in [-0.4, -0.2) is 13.1 Å². The van der Waals surface area contributed by atoms with E-state index in [2.05, 4.69) is 54.6 Å². The number of hydrogen-bond donors (Lipinski definition) is 1. The van der Waals surface area contributed by atoms with Gasteiger partial charge >= 0.3 is 0 Å². The highest BCUT2D eigenvalue weighted by atomic mass is 28.4. The van der Waals surface area contributed by atoms with Crippen molar-refractivity contribution in [2.45, 2.75) is 66.6 Å². The summed E-state index contributed by atoms with van der Waals surface area (Å²) in [6, 6.07) is 0. The molecule has 14 heavy (non-hydrogen) atoms. The first-order valence-electron chi connectivity index (χ1n) is 5.56. The van der Waals surface area contributed by atoms with Crippen LogP contribution in [0.1, 0.15) is 48.0 Å². The third-order valence-electron chi connectivity index (χ3n) is 2.71. The van der Waals surface area contributed by atoms with E-state index in [-0.39, 0.29) is 5.41 Å². The topological polar surface area (TPSA) is 20.2 Å². The fourth-order valence-corrected chi connectivity index (χ4v) is 5.46. The smallest absolute Gasteiger partial charge is 0.186 e. The maximum Gasteiger partial charge on any atom is 0.186 e. The lowest BCUT2D eigenvalue weighted by atomic mass is 9.80. The summed E-state index contributed by atoms with van der Waals surface area (Å²) >= 11 is 0. The lowest BCUT2D eigenvalue weighted by molar-refractivity contribution is 0.252. The average Bonchev–Trinajstić information content (AvgIpc) is 1.75. The molecule has 0 rings (SSSR count). The van der Waals surface area contributed by atoms with E-state index < -0.39 is 8.32 Å². The Balaban J connectivity index is 4.78. The first-order chi connectivity index (χ1) is 5.84. The fraction of sp³-hybridized carbons (Fsp3) is 1.00. The summed E-state index contributed by atoms with van der Waals surface area (Å²) in [6.45, 7) is 17.6. The summed E-state index contributed by atoms with van der Waals surface area (Å²) in [5.74, 6) is 0. The van der Waals surface area contributed by atoms with Gasteiger partial charge in [-0.25, -0.2) is 0 Å². The number of hydrogen-bond acceptors (Lipinski definition) is 1. The highest BCUT2D eigenvalue weighted by Gasteiger charge is 2.40. The summed E-state index contributed by atoms with van der Waals surface area (Å²) in [5.41, 5.74) is 0.998. The molecule has 2 heteroatoms. The van der Waals surface area contributed by atoms with Crippen LogP contribution < -0.4 is 0 Å². The molecule has 0 heterocycles. The molecule has 0 saturated heterocycles. The minimum Gasteiger partial charge on any atom is -0.432 e. The Morgan fingerprint density at radius 1 is 1.00 bits per heavy atom. The van der Waals surface area contributed by atoms with Crippen molar-refractivity contribution in [1.29, 1.82) is 0 Å². The van der Waals surface area contributed by atoms with Crippen LogP contribution in [0.15, 0.2) is 0 Å². The van der Waals surface area contributed by atoms with E-state index in [0.29, 0.717) is 11.0 Å². The molecule has 0 radical (unpaired) electrons. The molecule has 0 aromatic heterocycles. The maximum absolute atomic E-state index is 10.3. The van der Waals surface area contributed by atoms with Crippen LogP contribution in [0.25, 0.3) is 0 Å². The molecule has 1 nitrogen and oxygen atoms in total. The van der Waals surface area contributed by atoms with Gasteiger partial charge in [0.1, 0.15) is 0 Å². The molecule has 0 saturated carbocycles. The Morgan fingerprint density at radius 2 is 1.36 bits per heavy atom. The van der Waals surface area contributed by atoms with Gasteiger partial charge in [-0.05, 0) is 35.9 Å². The summed E-state index contributed by atoms with van der Waals surface area (Å²) in [4.78, 5) is 10.3. The van der Waals surface area contributed by atoms with Crippen molar-refractivity contribution in [3.05, 3.63) is 0 Å². The molecule has 86 valence electrons. The van der Waals surface area contributed by atoms with Gasteiger partial charge in [-0.15, -0.1) is 0 Å². The third kappa shape index (κ3) is 5.16. The largest absolute Gasteiger partial charge is 0.432 e. The lowest BCUT2D eigenvalue weighted by Gasteiger charge is -2.41. The third-order valence-corrected chi connectivity index (χ3v) is 5.49. The predicted octanol–water partition coefficient (Wildman–Crippen LogP) is 4.04. The summed E-state index contributed by atoms with van der Waals surface area (Å²) in [5, 5.41) is 0. The van der Waals surface area contributed by atoms with Gasteiger partial charge in [0.05, 0.1) is 0 Å². The zero-order valence-corrected chi connectivity index (χ0v) is 12.2. The molecular weight excluding hydrogens is 188 g/mol. The van der Waals surface area contributed by atoms with Crippen LogP contribution >= 0.6 is 0 Å². The molecule has 0 fully saturated rings. The van der Waals surface area contributed by atoms with Crippen LogP contribution in [0.5, 0.6) is 0 Å². The fourth-order valence-electron chi connectivity index (χ4n) is 2.23. The van der Waals surface area contributed by atoms with Crippen LogP contribution in [0, 0.1) is 10.8 Å². The van der Waals surface area contributed by atoms with Gasteiger partial charge in [-0.3, -0.25) is 0 Å². The average molecular weight is 216 g/mol. The maximum atomic E-state index is 10.3. The molecular formula is C12H28OSi. The molecule has 0 aliphatic rings. The van der Waals surface area contributed by atoms with E-state index in [0.717, 1.165) is 6.42 Å². The summed E-state index contributed by atoms with van der Waals surface area (Å²) < 4.78 is 0. The van der Waals surface area contributed by atoms with Crippen LogP contribution in [0.4, 0.5) is 0 Å². The molecule has 0 spiro atoms. The highest BCUT2D eigenvalue weighted by molar-refractivity contribution is 6.71. The van der Waals surface area contributed by atoms with Crippen molar-refractivity contribution in [2.75, 3.05) is 0 Å². The van der Waals surface area contributed by atoms with Crippen molar-refractivity contribution in [3.8, 4) is 0 Å². The monoisotopic (exact) mass is 216 g/mol.